The number of halogens is 3. The van der Waals surface area contributed by atoms with Crippen molar-refractivity contribution in [3.63, 3.8) is 0 Å². The van der Waals surface area contributed by atoms with Gasteiger partial charge in [-0.1, -0.05) is 24.3 Å². The molecule has 0 bridgehead atoms. The molecule has 0 saturated carbocycles. The zero-order valence-corrected chi connectivity index (χ0v) is 15.0. The van der Waals surface area contributed by atoms with Crippen molar-refractivity contribution in [3.8, 4) is 5.75 Å². The van der Waals surface area contributed by atoms with Crippen LogP contribution >= 0.6 is 0 Å². The summed E-state index contributed by atoms with van der Waals surface area (Å²) in [5, 5.41) is 2.63. The third-order valence-electron chi connectivity index (χ3n) is 3.49. The van der Waals surface area contributed by atoms with Crippen LogP contribution in [0.25, 0.3) is 0 Å². The number of benzene rings is 2. The van der Waals surface area contributed by atoms with Crippen LogP contribution in [-0.4, -0.2) is 27.7 Å². The van der Waals surface area contributed by atoms with Crippen LogP contribution in [0, 0.1) is 0 Å². The molecule has 27 heavy (non-hydrogen) atoms. The highest BCUT2D eigenvalue weighted by atomic mass is 32.2. The van der Waals surface area contributed by atoms with E-state index in [0.29, 0.717) is 11.1 Å². The van der Waals surface area contributed by atoms with E-state index in [1.165, 1.54) is 31.3 Å². The summed E-state index contributed by atoms with van der Waals surface area (Å²) in [5.74, 6) is -0.726. The second kappa shape index (κ2) is 8.40. The molecule has 0 fully saturated rings. The first kappa shape index (κ1) is 20.7. The van der Waals surface area contributed by atoms with Gasteiger partial charge in [0, 0.05) is 6.54 Å². The number of alkyl halides is 3. The van der Waals surface area contributed by atoms with Crippen molar-refractivity contribution < 1.29 is 31.1 Å². The average Bonchev–Trinajstić information content (AvgIpc) is 2.61. The first-order valence-electron chi connectivity index (χ1n) is 7.73. The predicted molar refractivity (Wildman–Crippen MR) is 91.4 cm³/mol. The van der Waals surface area contributed by atoms with Crippen molar-refractivity contribution in [2.45, 2.75) is 24.2 Å². The molecule has 1 amide bonds. The highest BCUT2D eigenvalue weighted by Crippen LogP contribution is 2.22. The van der Waals surface area contributed by atoms with Crippen molar-refractivity contribution in [1.29, 1.82) is 0 Å². The molecule has 10 heteroatoms. The van der Waals surface area contributed by atoms with Gasteiger partial charge in [-0.05, 0) is 42.4 Å². The maximum Gasteiger partial charge on any atom is 0.573 e. The second-order valence-corrected chi connectivity index (χ2v) is 7.39. The molecule has 0 aliphatic heterocycles. The minimum absolute atomic E-state index is 0.0409. The monoisotopic (exact) mass is 402 g/mol. The van der Waals surface area contributed by atoms with Gasteiger partial charge in [0.1, 0.15) is 5.75 Å². The standard InChI is InChI=1S/C17H17F3N2O4S/c1-21-27(24,25)15-4-2-3-13(9-15)11-22-16(23)10-12-5-7-14(8-6-12)26-17(18,19)20/h2-9,21H,10-11H2,1H3,(H,22,23). The van der Waals surface area contributed by atoms with Crippen molar-refractivity contribution in [1.82, 2.24) is 10.0 Å². The fourth-order valence-corrected chi connectivity index (χ4v) is 3.00. The Morgan fingerprint density at radius 2 is 1.74 bits per heavy atom. The van der Waals surface area contributed by atoms with Gasteiger partial charge in [-0.15, -0.1) is 13.2 Å². The van der Waals surface area contributed by atoms with Crippen molar-refractivity contribution in [2.24, 2.45) is 0 Å². The Morgan fingerprint density at radius 3 is 2.33 bits per heavy atom. The first-order valence-corrected chi connectivity index (χ1v) is 9.21. The molecule has 0 heterocycles. The summed E-state index contributed by atoms with van der Waals surface area (Å²) >= 11 is 0. The Bertz CT molecular complexity index is 897. The third-order valence-corrected chi connectivity index (χ3v) is 4.90. The topological polar surface area (TPSA) is 84.5 Å². The number of rotatable bonds is 7. The molecular formula is C17H17F3N2O4S. The fourth-order valence-electron chi connectivity index (χ4n) is 2.20. The minimum Gasteiger partial charge on any atom is -0.406 e. The zero-order chi connectivity index (χ0) is 20.1. The molecule has 2 N–H and O–H groups in total. The Labute approximate surface area is 154 Å². The van der Waals surface area contributed by atoms with E-state index in [9.17, 15) is 26.4 Å². The smallest absolute Gasteiger partial charge is 0.406 e. The molecule has 2 rings (SSSR count). The van der Waals surface area contributed by atoms with Crippen LogP contribution in [0.5, 0.6) is 5.75 Å². The molecule has 0 aliphatic rings. The highest BCUT2D eigenvalue weighted by Gasteiger charge is 2.30. The molecule has 0 aromatic heterocycles. The van der Waals surface area contributed by atoms with Gasteiger partial charge >= 0.3 is 6.36 Å². The summed E-state index contributed by atoms with van der Waals surface area (Å²) in [5.41, 5.74) is 1.10. The molecule has 0 unspecified atom stereocenters. The Balaban J connectivity index is 1.92. The Kier molecular flexibility index (Phi) is 6.45. The van der Waals surface area contributed by atoms with Crippen molar-refractivity contribution in [3.05, 3.63) is 59.7 Å². The van der Waals surface area contributed by atoms with Crippen molar-refractivity contribution >= 4 is 15.9 Å². The quantitative estimate of drug-likeness (QED) is 0.745. The van der Waals surface area contributed by atoms with Gasteiger partial charge in [0.05, 0.1) is 11.3 Å². The van der Waals surface area contributed by atoms with E-state index in [2.05, 4.69) is 14.8 Å². The normalized spacial score (nSPS) is 11.9. The van der Waals surface area contributed by atoms with Crippen LogP contribution in [0.3, 0.4) is 0 Å². The van der Waals surface area contributed by atoms with Gasteiger partial charge in [0.15, 0.2) is 0 Å². The first-order chi connectivity index (χ1) is 12.6. The predicted octanol–water partition coefficient (Wildman–Crippen LogP) is 2.35. The maximum absolute atomic E-state index is 12.1. The number of hydrogen-bond donors (Lipinski definition) is 2. The number of ether oxygens (including phenoxy) is 1. The molecule has 0 atom stereocenters. The Morgan fingerprint density at radius 1 is 1.07 bits per heavy atom. The largest absolute Gasteiger partial charge is 0.573 e. The van der Waals surface area contributed by atoms with E-state index in [1.807, 2.05) is 0 Å². The number of hydrogen-bond acceptors (Lipinski definition) is 4. The highest BCUT2D eigenvalue weighted by molar-refractivity contribution is 7.89. The third kappa shape index (κ3) is 6.57. The van der Waals surface area contributed by atoms with Crippen LogP contribution in [0.1, 0.15) is 11.1 Å². The van der Waals surface area contributed by atoms with Crippen LogP contribution in [0.2, 0.25) is 0 Å². The lowest BCUT2D eigenvalue weighted by Crippen LogP contribution is -2.25. The molecule has 2 aromatic carbocycles. The molecule has 0 aliphatic carbocycles. The molecule has 2 aromatic rings. The lowest BCUT2D eigenvalue weighted by Gasteiger charge is -2.10. The van der Waals surface area contributed by atoms with Crippen LogP contribution in [0.15, 0.2) is 53.4 Å². The van der Waals surface area contributed by atoms with E-state index in [-0.39, 0.29) is 29.5 Å². The van der Waals surface area contributed by atoms with Gasteiger partial charge in [-0.25, -0.2) is 13.1 Å². The van der Waals surface area contributed by atoms with Gasteiger partial charge in [0.25, 0.3) is 0 Å². The maximum atomic E-state index is 12.1. The second-order valence-electron chi connectivity index (χ2n) is 5.50. The molecule has 6 nitrogen and oxygen atoms in total. The van der Waals surface area contributed by atoms with Gasteiger partial charge in [-0.2, -0.15) is 0 Å². The van der Waals surface area contributed by atoms with Crippen molar-refractivity contribution in [2.75, 3.05) is 7.05 Å². The van der Waals surface area contributed by atoms with Crippen LogP contribution in [-0.2, 0) is 27.8 Å². The lowest BCUT2D eigenvalue weighted by molar-refractivity contribution is -0.274. The summed E-state index contributed by atoms with van der Waals surface area (Å²) in [4.78, 5) is 12.1. The van der Waals surface area contributed by atoms with E-state index < -0.39 is 16.4 Å². The number of amides is 1. The average molecular weight is 402 g/mol. The summed E-state index contributed by atoms with van der Waals surface area (Å²) in [7, 11) is -2.28. The molecule has 146 valence electrons. The van der Waals surface area contributed by atoms with Gasteiger partial charge in [-0.3, -0.25) is 4.79 Å². The molecular weight excluding hydrogens is 385 g/mol. The van der Waals surface area contributed by atoms with E-state index >= 15 is 0 Å². The number of carbonyl (C=O) groups is 1. The molecule has 0 saturated heterocycles. The zero-order valence-electron chi connectivity index (χ0n) is 14.2. The van der Waals surface area contributed by atoms with Gasteiger partial charge in [0.2, 0.25) is 15.9 Å². The summed E-state index contributed by atoms with van der Waals surface area (Å²) in [6.07, 6.45) is -4.81. The van der Waals surface area contributed by atoms with E-state index in [0.717, 1.165) is 12.1 Å². The number of nitrogens with one attached hydrogen (secondary N) is 2. The summed E-state index contributed by atoms with van der Waals surface area (Å²) in [6, 6.07) is 11.1. The molecule has 0 spiro atoms. The lowest BCUT2D eigenvalue weighted by atomic mass is 10.1. The fraction of sp³-hybridized carbons (Fsp3) is 0.235. The minimum atomic E-state index is -4.77. The van der Waals surface area contributed by atoms with E-state index in [1.54, 1.807) is 12.1 Å². The Hall–Kier alpha value is -2.59. The summed E-state index contributed by atoms with van der Waals surface area (Å²) < 4.78 is 65.8. The van der Waals surface area contributed by atoms with Crippen LogP contribution < -0.4 is 14.8 Å². The number of carbonyl (C=O) groups excluding carboxylic acids is 1. The SMILES string of the molecule is CNS(=O)(=O)c1cccc(CNC(=O)Cc2ccc(OC(F)(F)F)cc2)c1. The number of sulfonamides is 1. The molecule has 0 radical (unpaired) electrons. The van der Waals surface area contributed by atoms with Crippen LogP contribution in [0.4, 0.5) is 13.2 Å². The van der Waals surface area contributed by atoms with E-state index in [4.69, 9.17) is 0 Å². The summed E-state index contributed by atoms with van der Waals surface area (Å²) in [6.45, 7) is 0.112. The van der Waals surface area contributed by atoms with Gasteiger partial charge < -0.3 is 10.1 Å².